The van der Waals surface area contributed by atoms with Gasteiger partial charge in [-0.05, 0) is 60.0 Å². The topological polar surface area (TPSA) is 26.0 Å². The fourth-order valence-corrected chi connectivity index (χ4v) is 4.86. The van der Waals surface area contributed by atoms with Crippen LogP contribution in [-0.2, 0) is 5.41 Å². The van der Waals surface area contributed by atoms with Gasteiger partial charge < -0.3 is 5.73 Å². The molecule has 0 spiro atoms. The highest BCUT2D eigenvalue weighted by atomic mass is 79.9. The molecule has 0 aliphatic heterocycles. The van der Waals surface area contributed by atoms with E-state index in [1.807, 2.05) is 0 Å². The van der Waals surface area contributed by atoms with Crippen LogP contribution in [0.2, 0.25) is 0 Å². The number of nitrogens with two attached hydrogens (primary N) is 1. The van der Waals surface area contributed by atoms with Gasteiger partial charge in [0.25, 0.3) is 0 Å². The maximum Gasteiger partial charge on any atom is 0.0761 e. The maximum absolute atomic E-state index is 6.35. The Morgan fingerprint density at radius 3 is 2.11 bits per heavy atom. The van der Waals surface area contributed by atoms with Gasteiger partial charge in [-0.25, -0.2) is 0 Å². The summed E-state index contributed by atoms with van der Waals surface area (Å²) in [6, 6.07) is 10.6. The normalized spacial score (nSPS) is 13.6. The first-order valence-electron chi connectivity index (χ1n) is 6.10. The highest BCUT2D eigenvalue weighted by molar-refractivity contribution is 9.12. The van der Waals surface area contributed by atoms with Crippen molar-refractivity contribution in [3.05, 3.63) is 54.6 Å². The molecule has 1 aromatic heterocycles. The van der Waals surface area contributed by atoms with E-state index in [2.05, 4.69) is 83.0 Å². The second-order valence-electron chi connectivity index (χ2n) is 5.63. The molecule has 0 bridgehead atoms. The summed E-state index contributed by atoms with van der Waals surface area (Å²) in [6.07, 6.45) is 0. The monoisotopic (exact) mass is 401 g/mol. The molecule has 0 fully saturated rings. The molecule has 2 N–H and O–H groups in total. The highest BCUT2D eigenvalue weighted by Gasteiger charge is 2.17. The van der Waals surface area contributed by atoms with Crippen molar-refractivity contribution in [3.8, 4) is 0 Å². The lowest BCUT2D eigenvalue weighted by Gasteiger charge is -2.20. The molecular formula is C15H17Br2NS. The zero-order chi connectivity index (χ0) is 14.2. The quantitative estimate of drug-likeness (QED) is 0.692. The molecule has 102 valence electrons. The lowest BCUT2D eigenvalue weighted by molar-refractivity contribution is 0.589. The number of rotatable bonds is 2. The van der Waals surface area contributed by atoms with Crippen LogP contribution < -0.4 is 5.73 Å². The van der Waals surface area contributed by atoms with Crippen LogP contribution in [0.15, 0.2) is 37.9 Å². The molecule has 19 heavy (non-hydrogen) atoms. The first kappa shape index (κ1) is 15.2. The average molecular weight is 403 g/mol. The molecule has 0 aliphatic carbocycles. The van der Waals surface area contributed by atoms with Gasteiger partial charge >= 0.3 is 0 Å². The van der Waals surface area contributed by atoms with Gasteiger partial charge in [-0.3, -0.25) is 0 Å². The molecule has 1 unspecified atom stereocenters. The van der Waals surface area contributed by atoms with Gasteiger partial charge in [-0.1, -0.05) is 45.0 Å². The molecule has 2 aromatic rings. The Morgan fingerprint density at radius 1 is 1.11 bits per heavy atom. The van der Waals surface area contributed by atoms with Crippen molar-refractivity contribution >= 4 is 43.2 Å². The number of halogens is 2. The van der Waals surface area contributed by atoms with Gasteiger partial charge in [-0.15, -0.1) is 11.3 Å². The predicted octanol–water partition coefficient (Wildman–Crippen LogP) is 5.62. The van der Waals surface area contributed by atoms with Crippen LogP contribution >= 0.6 is 43.2 Å². The second-order valence-corrected chi connectivity index (χ2v) is 9.38. The summed E-state index contributed by atoms with van der Waals surface area (Å²) < 4.78 is 2.18. The van der Waals surface area contributed by atoms with Gasteiger partial charge in [0.15, 0.2) is 0 Å². The lowest BCUT2D eigenvalue weighted by Crippen LogP contribution is -2.14. The van der Waals surface area contributed by atoms with E-state index in [9.17, 15) is 0 Å². The summed E-state index contributed by atoms with van der Waals surface area (Å²) >= 11 is 8.72. The standard InChI is InChI=1S/C15H17Br2NS/c1-15(2,3)10-6-4-9(5-7-10)13(18)11-8-12(16)19-14(11)17/h4-8,13H,18H2,1-3H3. The van der Waals surface area contributed by atoms with E-state index in [0.717, 1.165) is 18.7 Å². The summed E-state index contributed by atoms with van der Waals surface area (Å²) in [5, 5.41) is 0. The molecular weight excluding hydrogens is 386 g/mol. The molecule has 1 atom stereocenters. The minimum Gasteiger partial charge on any atom is -0.320 e. The van der Waals surface area contributed by atoms with Crippen LogP contribution in [0.3, 0.4) is 0 Å². The maximum atomic E-state index is 6.35. The Balaban J connectivity index is 2.30. The van der Waals surface area contributed by atoms with E-state index in [4.69, 9.17) is 5.73 Å². The third kappa shape index (κ3) is 3.48. The molecule has 0 amide bonds. The summed E-state index contributed by atoms with van der Waals surface area (Å²) in [4.78, 5) is 0. The number of hydrogen-bond acceptors (Lipinski definition) is 2. The van der Waals surface area contributed by atoms with Gasteiger partial charge in [-0.2, -0.15) is 0 Å². The Kier molecular flexibility index (Phi) is 4.56. The smallest absolute Gasteiger partial charge is 0.0761 e. The Bertz CT molecular complexity index is 567. The zero-order valence-electron chi connectivity index (χ0n) is 11.2. The summed E-state index contributed by atoms with van der Waals surface area (Å²) in [7, 11) is 0. The number of hydrogen-bond donors (Lipinski definition) is 1. The molecule has 1 nitrogen and oxygen atoms in total. The van der Waals surface area contributed by atoms with Gasteiger partial charge in [0, 0.05) is 0 Å². The summed E-state index contributed by atoms with van der Waals surface area (Å²) in [5.41, 5.74) is 10.1. The molecule has 1 aromatic carbocycles. The van der Waals surface area contributed by atoms with E-state index in [0.29, 0.717) is 0 Å². The van der Waals surface area contributed by atoms with Crippen LogP contribution in [0.4, 0.5) is 0 Å². The van der Waals surface area contributed by atoms with Gasteiger partial charge in [0.1, 0.15) is 0 Å². The molecule has 0 radical (unpaired) electrons. The third-order valence-electron chi connectivity index (χ3n) is 3.15. The van der Waals surface area contributed by atoms with Crippen molar-refractivity contribution in [2.75, 3.05) is 0 Å². The Morgan fingerprint density at radius 2 is 1.68 bits per heavy atom. The van der Waals surface area contributed by atoms with E-state index in [1.54, 1.807) is 11.3 Å². The van der Waals surface area contributed by atoms with E-state index in [1.165, 1.54) is 5.56 Å². The van der Waals surface area contributed by atoms with E-state index in [-0.39, 0.29) is 11.5 Å². The SMILES string of the molecule is CC(C)(C)c1ccc(C(N)c2cc(Br)sc2Br)cc1. The van der Waals surface area contributed by atoms with E-state index < -0.39 is 0 Å². The van der Waals surface area contributed by atoms with Crippen molar-refractivity contribution in [3.63, 3.8) is 0 Å². The van der Waals surface area contributed by atoms with Crippen molar-refractivity contribution in [2.45, 2.75) is 32.2 Å². The number of thiophene rings is 1. The Hall–Kier alpha value is -0.160. The first-order valence-corrected chi connectivity index (χ1v) is 8.50. The average Bonchev–Trinajstić information content (AvgIpc) is 2.66. The molecule has 2 rings (SSSR count). The van der Waals surface area contributed by atoms with Crippen LogP contribution in [0.25, 0.3) is 0 Å². The molecule has 0 saturated heterocycles. The third-order valence-corrected chi connectivity index (χ3v) is 5.54. The molecule has 4 heteroatoms. The summed E-state index contributed by atoms with van der Waals surface area (Å²) in [5.74, 6) is 0. The van der Waals surface area contributed by atoms with Crippen molar-refractivity contribution < 1.29 is 0 Å². The van der Waals surface area contributed by atoms with Crippen LogP contribution in [0.5, 0.6) is 0 Å². The van der Waals surface area contributed by atoms with Crippen molar-refractivity contribution in [2.24, 2.45) is 5.73 Å². The minimum atomic E-state index is -0.0917. The number of benzene rings is 1. The van der Waals surface area contributed by atoms with Crippen molar-refractivity contribution in [1.29, 1.82) is 0 Å². The van der Waals surface area contributed by atoms with Gasteiger partial charge in [0.2, 0.25) is 0 Å². The summed E-state index contributed by atoms with van der Waals surface area (Å²) in [6.45, 7) is 6.65. The Labute approximate surface area is 135 Å². The van der Waals surface area contributed by atoms with Crippen molar-refractivity contribution in [1.82, 2.24) is 0 Å². The van der Waals surface area contributed by atoms with Crippen LogP contribution in [0.1, 0.15) is 43.5 Å². The van der Waals surface area contributed by atoms with E-state index >= 15 is 0 Å². The zero-order valence-corrected chi connectivity index (χ0v) is 15.2. The fraction of sp³-hybridized carbons (Fsp3) is 0.333. The molecule has 0 saturated carbocycles. The second kappa shape index (κ2) is 5.68. The largest absolute Gasteiger partial charge is 0.320 e. The molecule has 1 heterocycles. The van der Waals surface area contributed by atoms with Gasteiger partial charge in [0.05, 0.1) is 13.6 Å². The highest BCUT2D eigenvalue weighted by Crippen LogP contribution is 2.37. The minimum absolute atomic E-state index is 0.0917. The first-order chi connectivity index (χ1) is 8.79. The van der Waals surface area contributed by atoms with Crippen LogP contribution in [0, 0.1) is 0 Å². The van der Waals surface area contributed by atoms with Crippen LogP contribution in [-0.4, -0.2) is 0 Å². The lowest BCUT2D eigenvalue weighted by atomic mass is 9.86. The predicted molar refractivity (Wildman–Crippen MR) is 90.9 cm³/mol. The fourth-order valence-electron chi connectivity index (χ4n) is 1.94. The molecule has 0 aliphatic rings.